The fraction of sp³-hybridized carbons (Fsp3) is 0.333. The number of likely N-dealkylation sites (tertiary alicyclic amines) is 1. The highest BCUT2D eigenvalue weighted by Crippen LogP contribution is 2.29. The van der Waals surface area contributed by atoms with Gasteiger partial charge in [-0.25, -0.2) is 13.8 Å². The van der Waals surface area contributed by atoms with Gasteiger partial charge in [-0.1, -0.05) is 18.2 Å². The highest BCUT2D eigenvalue weighted by Gasteiger charge is 2.26. The molecule has 1 saturated heterocycles. The van der Waals surface area contributed by atoms with Gasteiger partial charge in [-0.2, -0.15) is 0 Å². The molecule has 0 bridgehead atoms. The van der Waals surface area contributed by atoms with Crippen molar-refractivity contribution in [2.75, 3.05) is 19.7 Å². The first-order chi connectivity index (χ1) is 14.9. The molecule has 7 heteroatoms. The molecule has 0 aliphatic carbocycles. The van der Waals surface area contributed by atoms with Gasteiger partial charge < -0.3 is 14.6 Å². The van der Waals surface area contributed by atoms with Gasteiger partial charge in [0.2, 0.25) is 0 Å². The fourth-order valence-electron chi connectivity index (χ4n) is 4.01. The van der Waals surface area contributed by atoms with Crippen molar-refractivity contribution < 1.29 is 18.3 Å². The summed E-state index contributed by atoms with van der Waals surface area (Å²) in [4.78, 5) is 22.1. The summed E-state index contributed by atoms with van der Waals surface area (Å²) in [5, 5.41) is 0. The van der Waals surface area contributed by atoms with Crippen LogP contribution in [0.25, 0.3) is 11.3 Å². The van der Waals surface area contributed by atoms with Crippen LogP contribution in [0.5, 0.6) is 5.75 Å². The number of ether oxygens (including phenoxy) is 1. The number of hydrogen-bond acceptors (Lipinski definition) is 3. The summed E-state index contributed by atoms with van der Waals surface area (Å²) in [7, 11) is 0. The molecule has 1 fully saturated rings. The summed E-state index contributed by atoms with van der Waals surface area (Å²) in [5.74, 6) is -0.0268. The molecule has 0 saturated carbocycles. The van der Waals surface area contributed by atoms with Crippen LogP contribution in [0.15, 0.2) is 42.6 Å². The van der Waals surface area contributed by atoms with Crippen LogP contribution >= 0.6 is 0 Å². The lowest BCUT2D eigenvalue weighted by molar-refractivity contribution is -0.134. The average molecular weight is 425 g/mol. The molecule has 1 aliphatic heterocycles. The summed E-state index contributed by atoms with van der Waals surface area (Å²) in [6, 6.07) is 9.69. The Morgan fingerprint density at radius 1 is 1.13 bits per heavy atom. The maximum absolute atomic E-state index is 13.5. The quantitative estimate of drug-likeness (QED) is 0.641. The Hall–Kier alpha value is -3.22. The summed E-state index contributed by atoms with van der Waals surface area (Å²) >= 11 is 0. The molecule has 3 aromatic rings. The normalized spacial score (nSPS) is 14.6. The van der Waals surface area contributed by atoms with Gasteiger partial charge in [0.05, 0.1) is 11.9 Å². The molecule has 2 aromatic carbocycles. The number of amides is 1. The van der Waals surface area contributed by atoms with Gasteiger partial charge >= 0.3 is 0 Å². The van der Waals surface area contributed by atoms with E-state index in [1.165, 1.54) is 6.07 Å². The molecule has 162 valence electrons. The van der Waals surface area contributed by atoms with E-state index in [9.17, 15) is 13.6 Å². The number of rotatable bonds is 5. The molecule has 5 nitrogen and oxygen atoms in total. The van der Waals surface area contributed by atoms with Crippen LogP contribution in [-0.4, -0.2) is 40.5 Å². The van der Waals surface area contributed by atoms with Crippen molar-refractivity contribution in [2.24, 2.45) is 0 Å². The molecule has 2 heterocycles. The highest BCUT2D eigenvalue weighted by molar-refractivity contribution is 5.78. The summed E-state index contributed by atoms with van der Waals surface area (Å²) < 4.78 is 32.5. The van der Waals surface area contributed by atoms with Crippen LogP contribution in [0.2, 0.25) is 0 Å². The molecule has 1 aromatic heterocycles. The van der Waals surface area contributed by atoms with E-state index in [4.69, 9.17) is 4.74 Å². The van der Waals surface area contributed by atoms with E-state index in [1.54, 1.807) is 6.20 Å². The van der Waals surface area contributed by atoms with Gasteiger partial charge in [0.1, 0.15) is 11.6 Å². The lowest BCUT2D eigenvalue weighted by atomic mass is 9.96. The molecule has 1 amide bonds. The van der Waals surface area contributed by atoms with Crippen LogP contribution in [0.3, 0.4) is 0 Å². The molecule has 1 aliphatic rings. The number of H-pyrrole nitrogens is 1. The minimum atomic E-state index is -0.886. The summed E-state index contributed by atoms with van der Waals surface area (Å²) in [6.07, 6.45) is 3.19. The first-order valence-electron chi connectivity index (χ1n) is 10.4. The fourth-order valence-corrected chi connectivity index (χ4v) is 4.01. The summed E-state index contributed by atoms with van der Waals surface area (Å²) in [6.45, 7) is 5.21. The number of nitrogens with zero attached hydrogens (tertiary/aromatic N) is 2. The largest absolute Gasteiger partial charge is 0.483 e. The molecule has 31 heavy (non-hydrogen) atoms. The van der Waals surface area contributed by atoms with Gasteiger partial charge in [-0.15, -0.1) is 0 Å². The Bertz CT molecular complexity index is 1070. The number of aromatic amines is 1. The van der Waals surface area contributed by atoms with Crippen molar-refractivity contribution >= 4 is 5.91 Å². The van der Waals surface area contributed by atoms with Crippen molar-refractivity contribution in [1.82, 2.24) is 14.9 Å². The predicted octanol–water partition coefficient (Wildman–Crippen LogP) is 4.76. The molecule has 0 spiro atoms. The first kappa shape index (κ1) is 21.0. The minimum absolute atomic E-state index is 0.0250. The average Bonchev–Trinajstić information content (AvgIpc) is 3.25. The van der Waals surface area contributed by atoms with Crippen molar-refractivity contribution in [3.8, 4) is 17.0 Å². The number of para-hydroxylation sites is 1. The second-order valence-electron chi connectivity index (χ2n) is 7.98. The monoisotopic (exact) mass is 425 g/mol. The van der Waals surface area contributed by atoms with E-state index >= 15 is 0 Å². The van der Waals surface area contributed by atoms with Crippen LogP contribution in [0.4, 0.5) is 8.78 Å². The second kappa shape index (κ2) is 8.88. The Morgan fingerprint density at radius 2 is 1.84 bits per heavy atom. The molecular formula is C24H25F2N3O2. The van der Waals surface area contributed by atoms with E-state index in [2.05, 4.69) is 9.97 Å². The number of benzene rings is 2. The number of carbonyl (C=O) groups is 1. The molecular weight excluding hydrogens is 400 g/mol. The third-order valence-corrected chi connectivity index (χ3v) is 5.81. The van der Waals surface area contributed by atoms with Gasteiger partial charge in [-0.05, 0) is 56.0 Å². The smallest absolute Gasteiger partial charge is 0.260 e. The van der Waals surface area contributed by atoms with Crippen LogP contribution < -0.4 is 4.74 Å². The molecule has 0 atom stereocenters. The number of aromatic nitrogens is 2. The second-order valence-corrected chi connectivity index (χ2v) is 7.98. The Balaban J connectivity index is 1.33. The van der Waals surface area contributed by atoms with Gasteiger partial charge in [0, 0.05) is 24.6 Å². The van der Waals surface area contributed by atoms with E-state index in [1.807, 2.05) is 36.9 Å². The number of nitrogens with one attached hydrogen (secondary N) is 1. The first-order valence-corrected chi connectivity index (χ1v) is 10.4. The van der Waals surface area contributed by atoms with E-state index in [0.717, 1.165) is 47.7 Å². The highest BCUT2D eigenvalue weighted by atomic mass is 19.2. The van der Waals surface area contributed by atoms with E-state index in [0.29, 0.717) is 24.3 Å². The Morgan fingerprint density at radius 3 is 2.52 bits per heavy atom. The standard InChI is InChI=1S/C24H25F2N3O2/c1-15-4-3-5-16(2)23(15)31-14-22(30)29-10-8-17(9-11-29)24-27-13-21(28-24)18-6-7-19(25)20(26)12-18/h3-7,12-13,17H,8-11,14H2,1-2H3,(H,27,28). The number of imidazole rings is 1. The zero-order chi connectivity index (χ0) is 22.0. The topological polar surface area (TPSA) is 58.2 Å². The van der Waals surface area contributed by atoms with Crippen molar-refractivity contribution in [3.63, 3.8) is 0 Å². The zero-order valence-electron chi connectivity index (χ0n) is 17.6. The van der Waals surface area contributed by atoms with E-state index < -0.39 is 11.6 Å². The summed E-state index contributed by atoms with van der Waals surface area (Å²) in [5.41, 5.74) is 3.23. The number of aryl methyl sites for hydroxylation is 2. The maximum Gasteiger partial charge on any atom is 0.260 e. The van der Waals surface area contributed by atoms with Crippen LogP contribution in [0, 0.1) is 25.5 Å². The lowest BCUT2D eigenvalue weighted by Crippen LogP contribution is -2.40. The van der Waals surface area contributed by atoms with Gasteiger partial charge in [0.15, 0.2) is 18.2 Å². The van der Waals surface area contributed by atoms with E-state index in [-0.39, 0.29) is 18.4 Å². The Kier molecular flexibility index (Phi) is 6.02. The van der Waals surface area contributed by atoms with Crippen molar-refractivity contribution in [2.45, 2.75) is 32.6 Å². The molecule has 1 N–H and O–H groups in total. The van der Waals surface area contributed by atoms with Crippen LogP contribution in [-0.2, 0) is 4.79 Å². The zero-order valence-corrected chi connectivity index (χ0v) is 17.6. The number of hydrogen-bond donors (Lipinski definition) is 1. The molecule has 0 unspecified atom stereocenters. The Labute approximate surface area is 180 Å². The van der Waals surface area contributed by atoms with Crippen LogP contribution in [0.1, 0.15) is 35.7 Å². The third-order valence-electron chi connectivity index (χ3n) is 5.81. The minimum Gasteiger partial charge on any atom is -0.483 e. The third kappa shape index (κ3) is 4.60. The van der Waals surface area contributed by atoms with Crippen molar-refractivity contribution in [1.29, 1.82) is 0 Å². The number of carbonyl (C=O) groups excluding carboxylic acids is 1. The van der Waals surface area contributed by atoms with Gasteiger partial charge in [0.25, 0.3) is 5.91 Å². The molecule has 0 radical (unpaired) electrons. The van der Waals surface area contributed by atoms with Gasteiger partial charge in [-0.3, -0.25) is 4.79 Å². The lowest BCUT2D eigenvalue weighted by Gasteiger charge is -2.31. The number of halogens is 2. The maximum atomic E-state index is 13.5. The molecule has 4 rings (SSSR count). The number of piperidine rings is 1. The predicted molar refractivity (Wildman–Crippen MR) is 114 cm³/mol. The van der Waals surface area contributed by atoms with Crippen molar-refractivity contribution in [3.05, 3.63) is 71.2 Å². The SMILES string of the molecule is Cc1cccc(C)c1OCC(=O)N1CCC(c2ncc(-c3ccc(F)c(F)c3)[nH]2)CC1.